The third-order valence-corrected chi connectivity index (χ3v) is 8.18. The molecule has 0 bridgehead atoms. The van der Waals surface area contributed by atoms with E-state index in [0.29, 0.717) is 28.9 Å². The molecule has 0 aliphatic carbocycles. The van der Waals surface area contributed by atoms with Gasteiger partial charge in [0, 0.05) is 11.6 Å². The van der Waals surface area contributed by atoms with Gasteiger partial charge in [-0.15, -0.1) is 0 Å². The van der Waals surface area contributed by atoms with Crippen LogP contribution in [0.3, 0.4) is 0 Å². The number of alkyl halides is 2. The van der Waals surface area contributed by atoms with Gasteiger partial charge in [-0.1, -0.05) is 6.07 Å². The van der Waals surface area contributed by atoms with E-state index in [1.165, 1.54) is 17.0 Å². The van der Waals surface area contributed by atoms with E-state index in [1.54, 1.807) is 51.1 Å². The zero-order chi connectivity index (χ0) is 24.9. The predicted molar refractivity (Wildman–Crippen MR) is 124 cm³/mol. The van der Waals surface area contributed by atoms with Crippen molar-refractivity contribution in [2.24, 2.45) is 0 Å². The van der Waals surface area contributed by atoms with E-state index in [1.807, 2.05) is 0 Å². The number of fused-ring (bicyclic) bond motifs is 1. The zero-order valence-corrected chi connectivity index (χ0v) is 19.9. The predicted octanol–water partition coefficient (Wildman–Crippen LogP) is 3.59. The van der Waals surface area contributed by atoms with Crippen LogP contribution in [0.25, 0.3) is 0 Å². The third kappa shape index (κ3) is 4.51. The maximum atomic E-state index is 13.3. The van der Waals surface area contributed by atoms with E-state index in [0.717, 1.165) is 0 Å². The van der Waals surface area contributed by atoms with E-state index in [4.69, 9.17) is 4.74 Å². The maximum absolute atomic E-state index is 13.3. The average molecular weight is 493 g/mol. The Morgan fingerprint density at radius 1 is 1.18 bits per heavy atom. The Balaban J connectivity index is 1.64. The van der Waals surface area contributed by atoms with Crippen LogP contribution in [0.15, 0.2) is 42.5 Å². The second kappa shape index (κ2) is 8.33. The number of halogens is 2. The van der Waals surface area contributed by atoms with Crippen LogP contribution in [0, 0.1) is 0 Å². The highest BCUT2D eigenvalue weighted by Gasteiger charge is 2.45. The number of hydrogen-bond acceptors (Lipinski definition) is 5. The number of benzene rings is 2. The molecule has 0 spiro atoms. The molecular formula is C24H26F2N2O5S. The van der Waals surface area contributed by atoms with Crippen LogP contribution in [0.2, 0.25) is 0 Å². The van der Waals surface area contributed by atoms with Gasteiger partial charge in [-0.3, -0.25) is 14.5 Å². The van der Waals surface area contributed by atoms with Crippen molar-refractivity contribution in [1.29, 1.82) is 0 Å². The molecule has 1 N–H and O–H groups in total. The molecule has 1 saturated heterocycles. The molecule has 0 radical (unpaired) electrons. The highest BCUT2D eigenvalue weighted by molar-refractivity contribution is 7.91. The van der Waals surface area contributed by atoms with Crippen LogP contribution in [0.4, 0.5) is 20.2 Å². The number of ether oxygens (including phenoxy) is 1. The summed E-state index contributed by atoms with van der Waals surface area (Å²) in [4.78, 5) is 27.8. The molecule has 0 aromatic heterocycles. The summed E-state index contributed by atoms with van der Waals surface area (Å²) in [5.41, 5.74) is 0.197. The van der Waals surface area contributed by atoms with Crippen molar-refractivity contribution in [1.82, 2.24) is 5.32 Å². The number of hydrogen-bond donors (Lipinski definition) is 1. The van der Waals surface area contributed by atoms with Crippen LogP contribution in [-0.2, 0) is 20.0 Å². The molecule has 2 amide bonds. The summed E-state index contributed by atoms with van der Waals surface area (Å²) in [6.07, 6.45) is -2.28. The summed E-state index contributed by atoms with van der Waals surface area (Å²) in [6.45, 7) is 4.45. The molecule has 2 aromatic rings. The lowest BCUT2D eigenvalue weighted by Gasteiger charge is -2.24. The minimum atomic E-state index is -3.19. The standard InChI is InChI=1S/C24H26F2N2O5S/c1-23(2)18-11-15(21(29)27-24(3)9-10-34(31,32)14-24)7-8-19(18)28(22(23)30)16-5-4-6-17(12-16)33-13-20(25)26/h4-8,11-12,20H,9-10,13-14H2,1-3H3,(H,27,29)/t24-/m0/s1. The Morgan fingerprint density at radius 3 is 2.56 bits per heavy atom. The molecule has 4 rings (SSSR count). The molecule has 2 heterocycles. The molecule has 0 unspecified atom stereocenters. The maximum Gasteiger partial charge on any atom is 0.272 e. The Labute approximate surface area is 197 Å². The first-order chi connectivity index (χ1) is 15.8. The number of amides is 2. The van der Waals surface area contributed by atoms with Gasteiger partial charge < -0.3 is 10.1 Å². The lowest BCUT2D eigenvalue weighted by Crippen LogP contribution is -2.46. The third-order valence-electron chi connectivity index (χ3n) is 6.28. The highest BCUT2D eigenvalue weighted by atomic mass is 32.2. The molecule has 7 nitrogen and oxygen atoms in total. The molecule has 182 valence electrons. The number of anilines is 2. The number of rotatable bonds is 6. The Kier molecular flexibility index (Phi) is 5.91. The molecule has 10 heteroatoms. The minimum Gasteiger partial charge on any atom is -0.488 e. The van der Waals surface area contributed by atoms with Gasteiger partial charge in [-0.25, -0.2) is 17.2 Å². The summed E-state index contributed by atoms with van der Waals surface area (Å²) < 4.78 is 53.9. The summed E-state index contributed by atoms with van der Waals surface area (Å²) >= 11 is 0. The largest absolute Gasteiger partial charge is 0.488 e. The van der Waals surface area contributed by atoms with Gasteiger partial charge in [0.25, 0.3) is 12.3 Å². The minimum absolute atomic E-state index is 0.0323. The second-order valence-electron chi connectivity index (χ2n) is 9.55. The molecule has 1 atom stereocenters. The SMILES string of the molecule is CC1(C)C(=O)N(c2cccc(OCC(F)F)c2)c2ccc(C(=O)N[C@@]3(C)CCS(=O)(=O)C3)cc21. The van der Waals surface area contributed by atoms with E-state index >= 15 is 0 Å². The number of nitrogens with zero attached hydrogens (tertiary/aromatic N) is 1. The Morgan fingerprint density at radius 2 is 1.91 bits per heavy atom. The molecule has 34 heavy (non-hydrogen) atoms. The van der Waals surface area contributed by atoms with Crippen molar-refractivity contribution in [3.63, 3.8) is 0 Å². The van der Waals surface area contributed by atoms with E-state index in [-0.39, 0.29) is 23.2 Å². The summed E-state index contributed by atoms with van der Waals surface area (Å²) in [5, 5.41) is 2.84. The van der Waals surface area contributed by atoms with E-state index in [9.17, 15) is 26.8 Å². The zero-order valence-electron chi connectivity index (χ0n) is 19.1. The van der Waals surface area contributed by atoms with Crippen molar-refractivity contribution in [3.8, 4) is 5.75 Å². The number of nitrogens with one attached hydrogen (secondary N) is 1. The van der Waals surface area contributed by atoms with Gasteiger partial charge in [0.05, 0.1) is 33.8 Å². The fourth-order valence-corrected chi connectivity index (χ4v) is 6.55. The van der Waals surface area contributed by atoms with Gasteiger partial charge in [0.2, 0.25) is 5.91 Å². The first kappa shape index (κ1) is 24.1. The smallest absolute Gasteiger partial charge is 0.272 e. The molecule has 1 fully saturated rings. The number of carbonyl (C=O) groups is 2. The monoisotopic (exact) mass is 492 g/mol. The van der Waals surface area contributed by atoms with Crippen molar-refractivity contribution in [2.45, 2.75) is 44.6 Å². The highest BCUT2D eigenvalue weighted by Crippen LogP contribution is 2.46. The molecule has 2 aromatic carbocycles. The molecule has 0 saturated carbocycles. The summed E-state index contributed by atoms with van der Waals surface area (Å²) in [6, 6.07) is 11.2. The van der Waals surface area contributed by atoms with E-state index < -0.39 is 39.7 Å². The van der Waals surface area contributed by atoms with Gasteiger partial charge in [-0.2, -0.15) is 0 Å². The van der Waals surface area contributed by atoms with E-state index in [2.05, 4.69) is 5.32 Å². The molecular weight excluding hydrogens is 466 g/mol. The summed E-state index contributed by atoms with van der Waals surface area (Å²) in [5.74, 6) is -0.512. The van der Waals surface area contributed by atoms with Crippen LogP contribution in [0.5, 0.6) is 5.75 Å². The van der Waals surface area contributed by atoms with Gasteiger partial charge in [0.15, 0.2) is 9.84 Å². The van der Waals surface area contributed by atoms with Crippen molar-refractivity contribution >= 4 is 33.0 Å². The lowest BCUT2D eigenvalue weighted by atomic mass is 9.85. The molecule has 2 aliphatic rings. The first-order valence-electron chi connectivity index (χ1n) is 10.8. The topological polar surface area (TPSA) is 92.8 Å². The summed E-state index contributed by atoms with van der Waals surface area (Å²) in [7, 11) is -3.19. The number of sulfone groups is 1. The van der Waals surface area contributed by atoms with Gasteiger partial charge in [0.1, 0.15) is 12.4 Å². The quantitative estimate of drug-likeness (QED) is 0.665. The fourth-order valence-electron chi connectivity index (χ4n) is 4.46. The van der Waals surface area contributed by atoms with Crippen LogP contribution >= 0.6 is 0 Å². The van der Waals surface area contributed by atoms with Crippen LogP contribution in [0.1, 0.15) is 43.1 Å². The Hall–Kier alpha value is -3.01. The lowest BCUT2D eigenvalue weighted by molar-refractivity contribution is -0.121. The van der Waals surface area contributed by atoms with Gasteiger partial charge >= 0.3 is 0 Å². The average Bonchev–Trinajstić information content (AvgIpc) is 3.15. The van der Waals surface area contributed by atoms with Crippen molar-refractivity contribution in [3.05, 3.63) is 53.6 Å². The van der Waals surface area contributed by atoms with Crippen LogP contribution in [-0.4, -0.2) is 50.3 Å². The second-order valence-corrected chi connectivity index (χ2v) is 11.7. The fraction of sp³-hybridized carbons (Fsp3) is 0.417. The van der Waals surface area contributed by atoms with Gasteiger partial charge in [-0.05, 0) is 63.1 Å². The Bertz CT molecular complexity index is 1260. The molecule has 2 aliphatic heterocycles. The first-order valence-corrected chi connectivity index (χ1v) is 12.7. The van der Waals surface area contributed by atoms with Crippen LogP contribution < -0.4 is 15.0 Å². The van der Waals surface area contributed by atoms with Crippen molar-refractivity contribution < 1.29 is 31.5 Å². The van der Waals surface area contributed by atoms with Crippen molar-refractivity contribution in [2.75, 3.05) is 23.0 Å². The number of carbonyl (C=O) groups excluding carboxylic acids is 2. The normalized spacial score (nSPS) is 22.6.